The summed E-state index contributed by atoms with van der Waals surface area (Å²) < 4.78 is 17.1. The molecule has 2 rings (SSSR count). The highest BCUT2D eigenvalue weighted by molar-refractivity contribution is 5.90. The highest BCUT2D eigenvalue weighted by atomic mass is 16.5. The topological polar surface area (TPSA) is 135 Å². The standard InChI is InChI=1S/C46H78N4O8/c1-14-16-20-25-48(9)41(31(5)6)38(51)28-35(30(3)4)45(54)49(10)42(32(7)15-2)39(56-11)29-40(52)50-26-21-24-37(50)43(57-12)33(8)44(53)47-36(46(55)58-13)27-34-22-18-17-19-23-34/h17-19,22-23,30-33,35-37,39,41-43H,14-16,20-21,24-29H2,1-13H3,(H,47,53)/t32-,33+,35-,36-,37-,39+,41-,42-,43+/m0/s1. The number of Topliss-reactive ketones (excluding diaryl/α,β-unsaturated/α-hetero) is 1. The van der Waals surface area contributed by atoms with Crippen molar-refractivity contribution in [2.24, 2.45) is 29.6 Å². The van der Waals surface area contributed by atoms with Gasteiger partial charge in [-0.1, -0.05) is 105 Å². The van der Waals surface area contributed by atoms with E-state index >= 15 is 0 Å². The quantitative estimate of drug-likeness (QED) is 0.0860. The summed E-state index contributed by atoms with van der Waals surface area (Å²) in [5.41, 5.74) is 0.881. The van der Waals surface area contributed by atoms with Crippen molar-refractivity contribution in [3.63, 3.8) is 0 Å². The molecule has 0 bridgehead atoms. The van der Waals surface area contributed by atoms with E-state index in [1.165, 1.54) is 7.11 Å². The average molecular weight is 815 g/mol. The number of nitrogens with one attached hydrogen (secondary N) is 1. The minimum Gasteiger partial charge on any atom is -0.467 e. The molecule has 1 aliphatic heterocycles. The molecule has 12 heteroatoms. The smallest absolute Gasteiger partial charge is 0.328 e. The largest absolute Gasteiger partial charge is 0.467 e. The van der Waals surface area contributed by atoms with Crippen LogP contribution in [0.3, 0.4) is 0 Å². The number of amides is 3. The summed E-state index contributed by atoms with van der Waals surface area (Å²) in [5.74, 6) is -2.27. The van der Waals surface area contributed by atoms with Gasteiger partial charge >= 0.3 is 5.97 Å². The summed E-state index contributed by atoms with van der Waals surface area (Å²) in [4.78, 5) is 74.9. The van der Waals surface area contributed by atoms with E-state index in [0.29, 0.717) is 13.0 Å². The van der Waals surface area contributed by atoms with Gasteiger partial charge in [-0.25, -0.2) is 4.79 Å². The van der Waals surface area contributed by atoms with Gasteiger partial charge in [0.25, 0.3) is 0 Å². The number of carbonyl (C=O) groups is 5. The number of unbranched alkanes of at least 4 members (excludes halogenated alkanes) is 2. The fourth-order valence-corrected chi connectivity index (χ4v) is 8.88. The number of rotatable bonds is 26. The lowest BCUT2D eigenvalue weighted by Crippen LogP contribution is -2.55. The van der Waals surface area contributed by atoms with Crippen LogP contribution >= 0.6 is 0 Å². The first-order valence-corrected chi connectivity index (χ1v) is 21.8. The maximum atomic E-state index is 14.5. The zero-order valence-electron chi connectivity index (χ0n) is 38.1. The molecule has 0 saturated carbocycles. The van der Waals surface area contributed by atoms with Crippen molar-refractivity contribution in [3.05, 3.63) is 35.9 Å². The number of ether oxygens (including phenoxy) is 3. The first-order valence-electron chi connectivity index (χ1n) is 21.8. The third-order valence-electron chi connectivity index (χ3n) is 12.4. The number of benzene rings is 1. The summed E-state index contributed by atoms with van der Waals surface area (Å²) >= 11 is 0. The lowest BCUT2D eigenvalue weighted by atomic mass is 9.83. The van der Waals surface area contributed by atoms with Gasteiger partial charge < -0.3 is 29.3 Å². The molecule has 3 amide bonds. The summed E-state index contributed by atoms with van der Waals surface area (Å²) in [6, 6.07) is 7.45. The maximum absolute atomic E-state index is 14.5. The van der Waals surface area contributed by atoms with Crippen molar-refractivity contribution >= 4 is 29.5 Å². The van der Waals surface area contributed by atoms with Gasteiger partial charge in [-0.15, -0.1) is 0 Å². The molecule has 1 aromatic carbocycles. The molecule has 58 heavy (non-hydrogen) atoms. The van der Waals surface area contributed by atoms with Gasteiger partial charge in [0.2, 0.25) is 17.7 Å². The summed E-state index contributed by atoms with van der Waals surface area (Å²) in [7, 11) is 8.21. The Labute approximate surface area is 350 Å². The lowest BCUT2D eigenvalue weighted by molar-refractivity contribution is -0.150. The fraction of sp³-hybridized carbons (Fsp3) is 0.761. The van der Waals surface area contributed by atoms with Crippen molar-refractivity contribution < 1.29 is 38.2 Å². The van der Waals surface area contributed by atoms with E-state index < -0.39 is 42.1 Å². The van der Waals surface area contributed by atoms with Gasteiger partial charge in [0.15, 0.2) is 5.78 Å². The van der Waals surface area contributed by atoms with E-state index in [0.717, 1.165) is 44.2 Å². The van der Waals surface area contributed by atoms with Crippen molar-refractivity contribution in [2.45, 2.75) is 150 Å². The number of nitrogens with zero attached hydrogens (tertiary/aromatic N) is 3. The molecule has 9 atom stereocenters. The number of esters is 1. The number of methoxy groups -OCH3 is 3. The minimum atomic E-state index is -0.886. The Morgan fingerprint density at radius 3 is 2.07 bits per heavy atom. The predicted octanol–water partition coefficient (Wildman–Crippen LogP) is 6.19. The monoisotopic (exact) mass is 815 g/mol. The molecule has 1 aliphatic rings. The van der Waals surface area contributed by atoms with E-state index in [-0.39, 0.29) is 72.6 Å². The number of hydrogen-bond donors (Lipinski definition) is 1. The van der Waals surface area contributed by atoms with E-state index in [9.17, 15) is 24.0 Å². The molecule has 0 aliphatic carbocycles. The lowest BCUT2D eigenvalue weighted by Gasteiger charge is -2.41. The number of carbonyl (C=O) groups excluding carboxylic acids is 5. The van der Waals surface area contributed by atoms with E-state index in [2.05, 4.69) is 44.8 Å². The first kappa shape index (κ1) is 50.8. The Morgan fingerprint density at radius 1 is 0.879 bits per heavy atom. The zero-order valence-corrected chi connectivity index (χ0v) is 38.1. The molecule has 12 nitrogen and oxygen atoms in total. The Balaban J connectivity index is 2.28. The normalized spacial score (nSPS) is 18.6. The predicted molar refractivity (Wildman–Crippen MR) is 229 cm³/mol. The molecular weight excluding hydrogens is 737 g/mol. The molecule has 0 radical (unpaired) electrons. The zero-order chi connectivity index (χ0) is 43.7. The summed E-state index contributed by atoms with van der Waals surface area (Å²) in [6.45, 7) is 17.5. The number of ketones is 1. The molecule has 1 aromatic rings. The minimum absolute atomic E-state index is 0.00761. The number of likely N-dealkylation sites (N-methyl/N-ethyl adjacent to an activating group) is 2. The Morgan fingerprint density at radius 2 is 1.53 bits per heavy atom. The van der Waals surface area contributed by atoms with Gasteiger partial charge in [0.05, 0.1) is 49.8 Å². The second-order valence-corrected chi connectivity index (χ2v) is 17.3. The molecule has 1 saturated heterocycles. The third kappa shape index (κ3) is 14.1. The second-order valence-electron chi connectivity index (χ2n) is 17.3. The molecule has 1 N–H and O–H groups in total. The molecule has 1 heterocycles. The van der Waals surface area contributed by atoms with E-state index in [1.54, 1.807) is 38.0 Å². The van der Waals surface area contributed by atoms with Crippen molar-refractivity contribution in [3.8, 4) is 0 Å². The Hall–Kier alpha value is -3.35. The van der Waals surface area contributed by atoms with Crippen LogP contribution in [0.5, 0.6) is 0 Å². The summed E-state index contributed by atoms with van der Waals surface area (Å²) in [6.07, 6.45) is 4.58. The van der Waals surface area contributed by atoms with Crippen molar-refractivity contribution in [1.29, 1.82) is 0 Å². The van der Waals surface area contributed by atoms with Gasteiger partial charge in [-0.2, -0.15) is 0 Å². The molecule has 0 unspecified atom stereocenters. The van der Waals surface area contributed by atoms with Crippen LogP contribution in [0.1, 0.15) is 112 Å². The van der Waals surface area contributed by atoms with Crippen LogP contribution in [-0.2, 0) is 44.6 Å². The number of likely N-dealkylation sites (tertiary alicyclic amines) is 1. The highest BCUT2D eigenvalue weighted by Gasteiger charge is 2.43. The highest BCUT2D eigenvalue weighted by Crippen LogP contribution is 2.31. The van der Waals surface area contributed by atoms with Crippen LogP contribution in [-0.4, -0.2) is 129 Å². The Bertz CT molecular complexity index is 1420. The SMILES string of the molecule is CCCCCN(C)[C@H](C(=O)C[C@H](C(=O)N(C)[C@@H]([C@@H](C)CC)[C@@H](CC(=O)N1CCC[C@H]1[C@H](OC)[C@@H](C)C(=O)N[C@@H](Cc1ccccc1)C(=O)OC)OC)C(C)C)C(C)C. The van der Waals surface area contributed by atoms with Crippen LogP contribution in [0.4, 0.5) is 0 Å². The fourth-order valence-electron chi connectivity index (χ4n) is 8.88. The van der Waals surface area contributed by atoms with Gasteiger partial charge in [0.1, 0.15) is 6.04 Å². The molecule has 0 aromatic heterocycles. The van der Waals surface area contributed by atoms with Gasteiger partial charge in [-0.3, -0.25) is 24.1 Å². The molecule has 1 fully saturated rings. The van der Waals surface area contributed by atoms with Crippen LogP contribution in [0.15, 0.2) is 30.3 Å². The van der Waals surface area contributed by atoms with Crippen molar-refractivity contribution in [1.82, 2.24) is 20.0 Å². The number of hydrogen-bond acceptors (Lipinski definition) is 9. The van der Waals surface area contributed by atoms with Crippen LogP contribution < -0.4 is 5.32 Å². The molecule has 0 spiro atoms. The van der Waals surface area contributed by atoms with E-state index in [1.807, 2.05) is 51.2 Å². The Kier molecular flexibility index (Phi) is 22.2. The first-order chi connectivity index (χ1) is 27.5. The van der Waals surface area contributed by atoms with Gasteiger partial charge in [0, 0.05) is 46.6 Å². The van der Waals surface area contributed by atoms with Crippen LogP contribution in [0, 0.1) is 29.6 Å². The van der Waals surface area contributed by atoms with Crippen LogP contribution in [0.25, 0.3) is 0 Å². The van der Waals surface area contributed by atoms with E-state index in [4.69, 9.17) is 14.2 Å². The summed E-state index contributed by atoms with van der Waals surface area (Å²) in [5, 5.41) is 2.87. The van der Waals surface area contributed by atoms with Gasteiger partial charge in [-0.05, 0) is 56.2 Å². The van der Waals surface area contributed by atoms with Crippen molar-refractivity contribution in [2.75, 3.05) is 48.5 Å². The molecule has 330 valence electrons. The second kappa shape index (κ2) is 25.3. The average Bonchev–Trinajstić information content (AvgIpc) is 3.68. The maximum Gasteiger partial charge on any atom is 0.328 e. The third-order valence-corrected chi connectivity index (χ3v) is 12.4. The molecular formula is C46H78N4O8. The van der Waals surface area contributed by atoms with Crippen LogP contribution in [0.2, 0.25) is 0 Å².